The molecule has 4 rings (SSSR count). The van der Waals surface area contributed by atoms with E-state index in [0.717, 1.165) is 33.5 Å². The monoisotopic (exact) mass is 315 g/mol. The summed E-state index contributed by atoms with van der Waals surface area (Å²) in [5, 5.41) is 9.73. The molecule has 1 heterocycles. The molecule has 0 saturated carbocycles. The van der Waals surface area contributed by atoms with E-state index in [4.69, 9.17) is 4.74 Å². The van der Waals surface area contributed by atoms with Crippen LogP contribution < -0.4 is 4.74 Å². The predicted molar refractivity (Wildman–Crippen MR) is 94.0 cm³/mol. The second kappa shape index (κ2) is 5.74. The number of aromatic amines is 1. The van der Waals surface area contributed by atoms with Crippen molar-refractivity contribution in [2.24, 2.45) is 0 Å². The Morgan fingerprint density at radius 2 is 1.75 bits per heavy atom. The van der Waals surface area contributed by atoms with Crippen LogP contribution in [0.5, 0.6) is 11.5 Å². The number of phenols is 1. The Bertz CT molecular complexity index is 1010. The van der Waals surface area contributed by atoms with Gasteiger partial charge in [0.05, 0.1) is 18.1 Å². The van der Waals surface area contributed by atoms with Crippen molar-refractivity contribution in [3.8, 4) is 34.0 Å². The van der Waals surface area contributed by atoms with Crippen molar-refractivity contribution >= 4 is 11.0 Å². The highest BCUT2D eigenvalue weighted by Gasteiger charge is 2.09. The van der Waals surface area contributed by atoms with Gasteiger partial charge in [0.15, 0.2) is 11.5 Å². The van der Waals surface area contributed by atoms with Gasteiger partial charge in [0.25, 0.3) is 0 Å². The summed E-state index contributed by atoms with van der Waals surface area (Å²) < 4.78 is 5.16. The molecule has 117 valence electrons. The summed E-state index contributed by atoms with van der Waals surface area (Å²) in [6.45, 7) is 0. The van der Waals surface area contributed by atoms with E-state index in [0.29, 0.717) is 5.75 Å². The van der Waals surface area contributed by atoms with E-state index in [9.17, 15) is 5.11 Å². The molecule has 0 bridgehead atoms. The van der Waals surface area contributed by atoms with Crippen LogP contribution in [0.25, 0.3) is 33.5 Å². The normalized spacial score (nSPS) is 10.9. The van der Waals surface area contributed by atoms with E-state index < -0.39 is 0 Å². The second-order valence-electron chi connectivity index (χ2n) is 5.49. The van der Waals surface area contributed by atoms with Gasteiger partial charge in [-0.3, -0.25) is 0 Å². The number of phenolic OH excluding ortho intramolecular Hbond substituents is 1. The largest absolute Gasteiger partial charge is 0.504 e. The molecule has 2 N–H and O–H groups in total. The summed E-state index contributed by atoms with van der Waals surface area (Å²) in [5.41, 5.74) is 4.95. The van der Waals surface area contributed by atoms with Crippen molar-refractivity contribution in [2.45, 2.75) is 0 Å². The average Bonchev–Trinajstić information content (AvgIpc) is 3.06. The second-order valence-corrected chi connectivity index (χ2v) is 5.49. The molecule has 0 fully saturated rings. The zero-order chi connectivity index (χ0) is 16.5. The number of imidazole rings is 1. The van der Waals surface area contributed by atoms with E-state index in [1.165, 1.54) is 7.11 Å². The minimum atomic E-state index is 0.112. The fourth-order valence-electron chi connectivity index (χ4n) is 2.73. The predicted octanol–water partition coefficient (Wildman–Crippen LogP) is 4.41. The van der Waals surface area contributed by atoms with Gasteiger partial charge >= 0.3 is 0 Å². The lowest BCUT2D eigenvalue weighted by atomic mass is 10.1. The number of ether oxygens (including phenoxy) is 1. The SMILES string of the molecule is COc1cc(-c2nc3cc(-c4cc[c]cc4)ccc3[nH]2)ccc1O. The quantitative estimate of drug-likeness (QED) is 0.588. The number of nitrogens with zero attached hydrogens (tertiary/aromatic N) is 1. The number of hydrogen-bond donors (Lipinski definition) is 2. The van der Waals surface area contributed by atoms with Crippen LogP contribution >= 0.6 is 0 Å². The highest BCUT2D eigenvalue weighted by atomic mass is 16.5. The zero-order valence-electron chi connectivity index (χ0n) is 13.1. The number of benzene rings is 3. The lowest BCUT2D eigenvalue weighted by molar-refractivity contribution is 0.373. The summed E-state index contributed by atoms with van der Waals surface area (Å²) in [6, 6.07) is 22.2. The third kappa shape index (κ3) is 2.48. The molecule has 3 aromatic carbocycles. The Morgan fingerprint density at radius 1 is 0.958 bits per heavy atom. The maximum absolute atomic E-state index is 9.73. The van der Waals surface area contributed by atoms with E-state index in [1.54, 1.807) is 12.1 Å². The molecule has 0 aliphatic carbocycles. The van der Waals surface area contributed by atoms with Crippen molar-refractivity contribution in [1.29, 1.82) is 0 Å². The van der Waals surface area contributed by atoms with Crippen molar-refractivity contribution in [3.05, 3.63) is 66.7 Å². The first kappa shape index (κ1) is 14.3. The lowest BCUT2D eigenvalue weighted by Crippen LogP contribution is -1.86. The van der Waals surface area contributed by atoms with Gasteiger partial charge in [-0.25, -0.2) is 4.98 Å². The Labute approximate surface area is 139 Å². The molecular formula is C20H15N2O2. The summed E-state index contributed by atoms with van der Waals surface area (Å²) in [5.74, 6) is 1.27. The number of methoxy groups -OCH3 is 1. The van der Waals surface area contributed by atoms with Crippen LogP contribution in [0.15, 0.2) is 60.7 Å². The summed E-state index contributed by atoms with van der Waals surface area (Å²) in [4.78, 5) is 7.98. The van der Waals surface area contributed by atoms with Crippen molar-refractivity contribution in [1.82, 2.24) is 9.97 Å². The minimum Gasteiger partial charge on any atom is -0.504 e. The molecule has 0 saturated heterocycles. The molecule has 1 aromatic heterocycles. The van der Waals surface area contributed by atoms with Gasteiger partial charge in [-0.2, -0.15) is 0 Å². The molecule has 0 aliphatic heterocycles. The Kier molecular flexibility index (Phi) is 3.43. The maximum atomic E-state index is 9.73. The van der Waals surface area contributed by atoms with Crippen molar-refractivity contribution < 1.29 is 9.84 Å². The number of aromatic nitrogens is 2. The van der Waals surface area contributed by atoms with Gasteiger partial charge in [-0.15, -0.1) is 0 Å². The number of aromatic hydroxyl groups is 1. The zero-order valence-corrected chi connectivity index (χ0v) is 13.1. The van der Waals surface area contributed by atoms with Crippen LogP contribution in [0.2, 0.25) is 0 Å². The van der Waals surface area contributed by atoms with Crippen LogP contribution in [0.4, 0.5) is 0 Å². The standard InChI is InChI=1S/C20H15N2O2/c1-24-19-12-15(8-10-18(19)23)20-21-16-9-7-14(11-17(16)22-20)13-5-3-2-4-6-13/h3-12,23H,1H3,(H,21,22). The summed E-state index contributed by atoms with van der Waals surface area (Å²) in [6.07, 6.45) is 0. The molecule has 0 spiro atoms. The topological polar surface area (TPSA) is 58.1 Å². The van der Waals surface area contributed by atoms with Gasteiger partial charge in [-0.05, 0) is 47.5 Å². The molecule has 4 heteroatoms. The molecule has 1 radical (unpaired) electrons. The van der Waals surface area contributed by atoms with Crippen LogP contribution in [-0.4, -0.2) is 22.2 Å². The van der Waals surface area contributed by atoms with Crippen LogP contribution in [-0.2, 0) is 0 Å². The molecule has 4 aromatic rings. The van der Waals surface area contributed by atoms with Crippen LogP contribution in [0.3, 0.4) is 0 Å². The molecule has 0 aliphatic rings. The Morgan fingerprint density at radius 3 is 2.54 bits per heavy atom. The lowest BCUT2D eigenvalue weighted by Gasteiger charge is -2.04. The van der Waals surface area contributed by atoms with Gasteiger partial charge in [-0.1, -0.05) is 30.3 Å². The number of H-pyrrole nitrogens is 1. The Balaban J connectivity index is 1.79. The third-order valence-electron chi connectivity index (χ3n) is 3.99. The number of rotatable bonds is 3. The van der Waals surface area contributed by atoms with Crippen molar-refractivity contribution in [3.63, 3.8) is 0 Å². The van der Waals surface area contributed by atoms with Crippen molar-refractivity contribution in [2.75, 3.05) is 7.11 Å². The fourth-order valence-corrected chi connectivity index (χ4v) is 2.73. The van der Waals surface area contributed by atoms with E-state index in [1.807, 2.05) is 36.4 Å². The summed E-state index contributed by atoms with van der Waals surface area (Å²) in [7, 11) is 1.53. The number of hydrogen-bond acceptors (Lipinski definition) is 3. The van der Waals surface area contributed by atoms with E-state index in [-0.39, 0.29) is 5.75 Å². The molecule has 0 unspecified atom stereocenters. The first-order chi connectivity index (χ1) is 11.7. The van der Waals surface area contributed by atoms with Crippen LogP contribution in [0.1, 0.15) is 0 Å². The highest BCUT2D eigenvalue weighted by molar-refractivity contribution is 5.84. The first-order valence-electron chi connectivity index (χ1n) is 7.58. The average molecular weight is 315 g/mol. The Hall–Kier alpha value is -3.27. The van der Waals surface area contributed by atoms with E-state index >= 15 is 0 Å². The molecule has 4 nitrogen and oxygen atoms in total. The van der Waals surface area contributed by atoms with Gasteiger partial charge in [0.2, 0.25) is 0 Å². The minimum absolute atomic E-state index is 0.112. The third-order valence-corrected chi connectivity index (χ3v) is 3.99. The highest BCUT2D eigenvalue weighted by Crippen LogP contribution is 2.31. The maximum Gasteiger partial charge on any atom is 0.161 e. The fraction of sp³-hybridized carbons (Fsp3) is 0.0500. The number of fused-ring (bicyclic) bond motifs is 1. The smallest absolute Gasteiger partial charge is 0.161 e. The van der Waals surface area contributed by atoms with Gasteiger partial charge in [0, 0.05) is 5.56 Å². The molecule has 0 atom stereocenters. The first-order valence-corrected chi connectivity index (χ1v) is 7.58. The summed E-state index contributed by atoms with van der Waals surface area (Å²) >= 11 is 0. The molecule has 24 heavy (non-hydrogen) atoms. The van der Waals surface area contributed by atoms with E-state index in [2.05, 4.69) is 28.2 Å². The molecule has 0 amide bonds. The van der Waals surface area contributed by atoms with Crippen LogP contribution in [0, 0.1) is 6.07 Å². The number of nitrogens with one attached hydrogen (secondary N) is 1. The van der Waals surface area contributed by atoms with Gasteiger partial charge in [0.1, 0.15) is 5.82 Å². The van der Waals surface area contributed by atoms with Gasteiger partial charge < -0.3 is 14.8 Å². The molecular weight excluding hydrogens is 300 g/mol.